The van der Waals surface area contributed by atoms with Gasteiger partial charge in [0, 0.05) is 6.54 Å². The van der Waals surface area contributed by atoms with E-state index < -0.39 is 6.04 Å². The van der Waals surface area contributed by atoms with Crippen LogP contribution in [0.4, 0.5) is 9.18 Å². The normalized spacial score (nSPS) is 19.2. The molecule has 0 saturated heterocycles. The zero-order valence-electron chi connectivity index (χ0n) is 10.7. The van der Waals surface area contributed by atoms with Crippen molar-refractivity contribution in [2.45, 2.75) is 19.9 Å². The van der Waals surface area contributed by atoms with E-state index in [9.17, 15) is 9.18 Å². The highest BCUT2D eigenvalue weighted by molar-refractivity contribution is 9.10. The second-order valence-electron chi connectivity index (χ2n) is 4.94. The van der Waals surface area contributed by atoms with Gasteiger partial charge >= 0.3 is 6.03 Å². The summed E-state index contributed by atoms with van der Waals surface area (Å²) in [6.45, 7) is 4.54. The van der Waals surface area contributed by atoms with Gasteiger partial charge in [0.25, 0.3) is 0 Å². The van der Waals surface area contributed by atoms with Crippen molar-refractivity contribution in [3.05, 3.63) is 34.1 Å². The second kappa shape index (κ2) is 5.28. The summed E-state index contributed by atoms with van der Waals surface area (Å²) in [6.07, 6.45) is 0. The Bertz CT molecular complexity index is 545. The van der Waals surface area contributed by atoms with Gasteiger partial charge in [-0.05, 0) is 39.5 Å². The van der Waals surface area contributed by atoms with Gasteiger partial charge in [0.1, 0.15) is 17.7 Å². The van der Waals surface area contributed by atoms with Gasteiger partial charge < -0.3 is 10.6 Å². The lowest BCUT2D eigenvalue weighted by Gasteiger charge is -2.26. The van der Waals surface area contributed by atoms with Gasteiger partial charge in [0.2, 0.25) is 0 Å². The Morgan fingerprint density at radius 2 is 2.21 bits per heavy atom. The van der Waals surface area contributed by atoms with Crippen LogP contribution in [0.1, 0.15) is 25.5 Å². The Morgan fingerprint density at radius 3 is 2.79 bits per heavy atom. The van der Waals surface area contributed by atoms with Gasteiger partial charge in [0.15, 0.2) is 0 Å². The van der Waals surface area contributed by atoms with Gasteiger partial charge in [-0.1, -0.05) is 19.9 Å². The van der Waals surface area contributed by atoms with Crippen LogP contribution in [0.2, 0.25) is 0 Å². The lowest BCUT2D eigenvalue weighted by atomic mass is 10.0. The monoisotopic (exact) mass is 327 g/mol. The predicted molar refractivity (Wildman–Crippen MR) is 75.4 cm³/mol. The third-order valence-corrected chi connectivity index (χ3v) is 3.53. The fourth-order valence-corrected chi connectivity index (χ4v) is 2.36. The zero-order chi connectivity index (χ0) is 14.2. The summed E-state index contributed by atoms with van der Waals surface area (Å²) < 4.78 is 14.0. The van der Waals surface area contributed by atoms with Crippen LogP contribution in [0.3, 0.4) is 0 Å². The molecule has 0 radical (unpaired) electrons. The molecular weight excluding hydrogens is 313 g/mol. The number of aliphatic imine (C=N–C) groups is 1. The molecule has 1 aromatic carbocycles. The van der Waals surface area contributed by atoms with Crippen LogP contribution in [0.5, 0.6) is 0 Å². The van der Waals surface area contributed by atoms with Gasteiger partial charge in [-0.3, -0.25) is 0 Å². The largest absolute Gasteiger partial charge is 0.385 e. The molecule has 6 heteroatoms. The fourth-order valence-electron chi connectivity index (χ4n) is 2.12. The van der Waals surface area contributed by atoms with Crippen molar-refractivity contribution in [2.24, 2.45) is 16.6 Å². The average molecular weight is 328 g/mol. The lowest BCUT2D eigenvalue weighted by molar-refractivity contribution is 0.198. The molecule has 0 saturated carbocycles. The number of hydrogen-bond donors (Lipinski definition) is 1. The minimum absolute atomic E-state index is 0.215. The molecule has 0 bridgehead atoms. The van der Waals surface area contributed by atoms with E-state index in [0.717, 1.165) is 0 Å². The lowest BCUT2D eigenvalue weighted by Crippen LogP contribution is -2.35. The summed E-state index contributed by atoms with van der Waals surface area (Å²) in [5.41, 5.74) is 6.44. The minimum atomic E-state index is -0.475. The van der Waals surface area contributed by atoms with Crippen LogP contribution in [-0.4, -0.2) is 23.3 Å². The number of amides is 2. The van der Waals surface area contributed by atoms with Crippen molar-refractivity contribution in [1.82, 2.24) is 4.90 Å². The van der Waals surface area contributed by atoms with Crippen LogP contribution in [0.15, 0.2) is 27.7 Å². The van der Waals surface area contributed by atoms with E-state index in [0.29, 0.717) is 16.6 Å². The topological polar surface area (TPSA) is 58.7 Å². The molecule has 0 fully saturated rings. The first-order chi connectivity index (χ1) is 8.90. The number of nitrogens with two attached hydrogens (primary N) is 1. The number of nitrogens with zero attached hydrogens (tertiary/aromatic N) is 2. The minimum Gasteiger partial charge on any atom is -0.385 e. The van der Waals surface area contributed by atoms with E-state index >= 15 is 0 Å². The zero-order valence-corrected chi connectivity index (χ0v) is 12.3. The van der Waals surface area contributed by atoms with E-state index in [1.165, 1.54) is 6.07 Å². The Kier molecular flexibility index (Phi) is 3.89. The quantitative estimate of drug-likeness (QED) is 0.927. The fraction of sp³-hybridized carbons (Fsp3) is 0.385. The van der Waals surface area contributed by atoms with Crippen LogP contribution in [-0.2, 0) is 0 Å². The Balaban J connectivity index is 2.36. The van der Waals surface area contributed by atoms with Crippen molar-refractivity contribution < 1.29 is 9.18 Å². The summed E-state index contributed by atoms with van der Waals surface area (Å²) in [7, 11) is 0. The van der Waals surface area contributed by atoms with Crippen LogP contribution < -0.4 is 5.73 Å². The highest BCUT2D eigenvalue weighted by Gasteiger charge is 2.35. The van der Waals surface area contributed by atoms with E-state index in [-0.39, 0.29) is 23.6 Å². The van der Waals surface area contributed by atoms with Crippen LogP contribution in [0.25, 0.3) is 0 Å². The Morgan fingerprint density at radius 1 is 1.53 bits per heavy atom. The number of halogens is 2. The molecular formula is C13H15BrFN3O. The molecule has 2 rings (SSSR count). The van der Waals surface area contributed by atoms with E-state index in [1.807, 2.05) is 13.8 Å². The number of urea groups is 1. The summed E-state index contributed by atoms with van der Waals surface area (Å²) in [4.78, 5) is 17.2. The first-order valence-corrected chi connectivity index (χ1v) is 6.79. The molecule has 1 heterocycles. The third kappa shape index (κ3) is 2.78. The maximum Gasteiger partial charge on any atom is 0.346 e. The molecule has 1 aliphatic rings. The summed E-state index contributed by atoms with van der Waals surface area (Å²) in [5.74, 6) is 0.120. The molecule has 19 heavy (non-hydrogen) atoms. The number of rotatable bonds is 3. The maximum atomic E-state index is 13.6. The number of benzene rings is 1. The van der Waals surface area contributed by atoms with Crippen molar-refractivity contribution >= 4 is 27.8 Å². The standard InChI is InChI=1S/C13H15BrFN3O/c1-7(2)6-18-11(12(16)17-13(18)19)8-3-4-9(14)10(15)5-8/h3-5,7,11H,6H2,1-2H3,(H2,16,17,19). The molecule has 2 amide bonds. The van der Waals surface area contributed by atoms with Gasteiger partial charge in [0.05, 0.1) is 4.47 Å². The smallest absolute Gasteiger partial charge is 0.346 e. The molecule has 1 aliphatic heterocycles. The summed E-state index contributed by atoms with van der Waals surface area (Å²) >= 11 is 3.10. The number of carbonyl (C=O) groups excluding carboxylic acids is 1. The first-order valence-electron chi connectivity index (χ1n) is 5.99. The number of carbonyl (C=O) groups is 1. The second-order valence-corrected chi connectivity index (χ2v) is 5.80. The van der Waals surface area contributed by atoms with Crippen molar-refractivity contribution in [1.29, 1.82) is 0 Å². The molecule has 2 N–H and O–H groups in total. The predicted octanol–water partition coefficient (Wildman–Crippen LogP) is 3.08. The Labute approximate surface area is 119 Å². The highest BCUT2D eigenvalue weighted by Crippen LogP contribution is 2.29. The summed E-state index contributed by atoms with van der Waals surface area (Å²) in [6, 6.07) is 3.89. The SMILES string of the molecule is CC(C)CN1C(=O)N=C(N)C1c1ccc(Br)c(F)c1. The van der Waals surface area contributed by atoms with E-state index in [4.69, 9.17) is 5.73 Å². The van der Waals surface area contributed by atoms with E-state index in [1.54, 1.807) is 17.0 Å². The molecule has 4 nitrogen and oxygen atoms in total. The molecule has 1 unspecified atom stereocenters. The maximum absolute atomic E-state index is 13.6. The number of hydrogen-bond acceptors (Lipinski definition) is 2. The third-order valence-electron chi connectivity index (χ3n) is 2.88. The highest BCUT2D eigenvalue weighted by atomic mass is 79.9. The molecule has 102 valence electrons. The Hall–Kier alpha value is -1.43. The molecule has 1 atom stereocenters. The van der Waals surface area contributed by atoms with Crippen molar-refractivity contribution in [3.8, 4) is 0 Å². The van der Waals surface area contributed by atoms with Crippen LogP contribution in [0, 0.1) is 11.7 Å². The van der Waals surface area contributed by atoms with Gasteiger partial charge in [-0.2, -0.15) is 4.99 Å². The molecule has 0 spiro atoms. The average Bonchev–Trinajstić information content (AvgIpc) is 2.57. The summed E-state index contributed by atoms with van der Waals surface area (Å²) in [5, 5.41) is 0. The van der Waals surface area contributed by atoms with E-state index in [2.05, 4.69) is 20.9 Å². The molecule has 0 aliphatic carbocycles. The van der Waals surface area contributed by atoms with Gasteiger partial charge in [-0.25, -0.2) is 9.18 Å². The van der Waals surface area contributed by atoms with Gasteiger partial charge in [-0.15, -0.1) is 0 Å². The number of amidine groups is 1. The van der Waals surface area contributed by atoms with Crippen LogP contribution >= 0.6 is 15.9 Å². The van der Waals surface area contributed by atoms with Crippen molar-refractivity contribution in [3.63, 3.8) is 0 Å². The molecule has 0 aromatic heterocycles. The first kappa shape index (κ1) is 14.0. The molecule has 1 aromatic rings. The van der Waals surface area contributed by atoms with Crippen molar-refractivity contribution in [2.75, 3.05) is 6.54 Å².